The molecular weight excluding hydrogens is 370 g/mol. The number of ether oxygens (including phenoxy) is 1. The molecule has 0 bridgehead atoms. The Hall–Kier alpha value is -3.87. The molecule has 3 aromatic carbocycles. The maximum absolute atomic E-state index is 13.4. The van der Waals surface area contributed by atoms with E-state index in [9.17, 15) is 14.9 Å². The molecule has 1 heterocycles. The number of amides is 1. The van der Waals surface area contributed by atoms with E-state index in [4.69, 9.17) is 4.74 Å². The number of anilines is 2. The predicted molar refractivity (Wildman–Crippen MR) is 110 cm³/mol. The van der Waals surface area contributed by atoms with Crippen LogP contribution < -0.4 is 15.0 Å². The highest BCUT2D eigenvalue weighted by Gasteiger charge is 2.34. The van der Waals surface area contributed by atoms with Gasteiger partial charge in [0.1, 0.15) is 11.9 Å². The van der Waals surface area contributed by atoms with E-state index in [1.54, 1.807) is 61.4 Å². The van der Waals surface area contributed by atoms with Crippen molar-refractivity contribution in [3.05, 3.63) is 93.5 Å². The SMILES string of the molecule is COc1ccc(N2C(=O)c3ccccc3NC2c2ccc(C)c([N+](=O)[O-])c2)cc1. The number of nitrogens with one attached hydrogen (secondary N) is 1. The first-order chi connectivity index (χ1) is 14.0. The van der Waals surface area contributed by atoms with Gasteiger partial charge in [0.15, 0.2) is 0 Å². The molecular formula is C22H19N3O4. The minimum absolute atomic E-state index is 0.0188. The second-order valence-electron chi connectivity index (χ2n) is 6.77. The van der Waals surface area contributed by atoms with Gasteiger partial charge in [0.05, 0.1) is 17.6 Å². The van der Waals surface area contributed by atoms with Gasteiger partial charge in [-0.1, -0.05) is 24.3 Å². The van der Waals surface area contributed by atoms with Crippen LogP contribution in [0.2, 0.25) is 0 Å². The van der Waals surface area contributed by atoms with Crippen molar-refractivity contribution < 1.29 is 14.5 Å². The third-order valence-corrected chi connectivity index (χ3v) is 5.02. The van der Waals surface area contributed by atoms with E-state index >= 15 is 0 Å². The molecule has 1 aliphatic rings. The maximum Gasteiger partial charge on any atom is 0.272 e. The number of nitro benzene ring substituents is 1. The lowest BCUT2D eigenvalue weighted by Gasteiger charge is -2.38. The molecule has 0 spiro atoms. The zero-order valence-electron chi connectivity index (χ0n) is 16.0. The van der Waals surface area contributed by atoms with Crippen molar-refractivity contribution >= 4 is 23.0 Å². The first-order valence-corrected chi connectivity index (χ1v) is 9.07. The van der Waals surface area contributed by atoms with Crippen LogP contribution >= 0.6 is 0 Å². The number of para-hydroxylation sites is 1. The van der Waals surface area contributed by atoms with Crippen LogP contribution in [0.25, 0.3) is 0 Å². The van der Waals surface area contributed by atoms with Crippen LogP contribution in [0, 0.1) is 17.0 Å². The van der Waals surface area contributed by atoms with Gasteiger partial charge in [-0.25, -0.2) is 0 Å². The lowest BCUT2D eigenvalue weighted by molar-refractivity contribution is -0.385. The number of nitro groups is 1. The highest BCUT2D eigenvalue weighted by molar-refractivity contribution is 6.12. The van der Waals surface area contributed by atoms with Crippen molar-refractivity contribution in [1.29, 1.82) is 0 Å². The minimum atomic E-state index is -0.593. The van der Waals surface area contributed by atoms with Gasteiger partial charge in [0.25, 0.3) is 11.6 Å². The van der Waals surface area contributed by atoms with Crippen LogP contribution in [0.3, 0.4) is 0 Å². The van der Waals surface area contributed by atoms with Gasteiger partial charge in [-0.15, -0.1) is 0 Å². The molecule has 3 aromatic rings. The smallest absolute Gasteiger partial charge is 0.272 e. The lowest BCUT2D eigenvalue weighted by atomic mass is 10.0. The van der Waals surface area contributed by atoms with E-state index in [2.05, 4.69) is 5.32 Å². The molecule has 7 heteroatoms. The fourth-order valence-electron chi connectivity index (χ4n) is 3.49. The van der Waals surface area contributed by atoms with E-state index < -0.39 is 11.1 Å². The molecule has 29 heavy (non-hydrogen) atoms. The standard InChI is InChI=1S/C22H19N3O4/c1-14-7-8-15(13-20(14)25(27)28)21-23-19-6-4-3-5-18(19)22(26)24(21)16-9-11-17(29-2)12-10-16/h3-13,21,23H,1-2H3. The Kier molecular flexibility index (Phi) is 4.64. The van der Waals surface area contributed by atoms with Gasteiger partial charge in [-0.2, -0.15) is 0 Å². The van der Waals surface area contributed by atoms with E-state index in [1.165, 1.54) is 6.07 Å². The second-order valence-corrected chi connectivity index (χ2v) is 6.77. The zero-order valence-corrected chi connectivity index (χ0v) is 16.0. The molecule has 1 atom stereocenters. The molecule has 0 fully saturated rings. The topological polar surface area (TPSA) is 84.7 Å². The molecule has 0 saturated carbocycles. The number of carbonyl (C=O) groups excluding carboxylic acids is 1. The number of aryl methyl sites for hydroxylation is 1. The van der Waals surface area contributed by atoms with E-state index in [0.29, 0.717) is 33.8 Å². The van der Waals surface area contributed by atoms with Crippen molar-refractivity contribution in [2.24, 2.45) is 0 Å². The van der Waals surface area contributed by atoms with Crippen molar-refractivity contribution in [3.8, 4) is 5.75 Å². The lowest BCUT2D eigenvalue weighted by Crippen LogP contribution is -2.43. The molecule has 1 N–H and O–H groups in total. The number of nitrogens with zero attached hydrogens (tertiary/aromatic N) is 2. The quantitative estimate of drug-likeness (QED) is 0.517. The van der Waals surface area contributed by atoms with Crippen molar-refractivity contribution in [1.82, 2.24) is 0 Å². The summed E-state index contributed by atoms with van der Waals surface area (Å²) in [6, 6.07) is 19.4. The summed E-state index contributed by atoms with van der Waals surface area (Å²) >= 11 is 0. The fraction of sp³-hybridized carbons (Fsp3) is 0.136. The van der Waals surface area contributed by atoms with Gasteiger partial charge in [-0.3, -0.25) is 19.8 Å². The zero-order chi connectivity index (χ0) is 20.5. The third-order valence-electron chi connectivity index (χ3n) is 5.02. The van der Waals surface area contributed by atoms with Gasteiger partial charge >= 0.3 is 0 Å². The molecule has 1 unspecified atom stereocenters. The summed E-state index contributed by atoms with van der Waals surface area (Å²) in [5.41, 5.74) is 3.10. The summed E-state index contributed by atoms with van der Waals surface area (Å²) in [5, 5.41) is 14.8. The number of fused-ring (bicyclic) bond motifs is 1. The monoisotopic (exact) mass is 389 g/mol. The summed E-state index contributed by atoms with van der Waals surface area (Å²) in [6.45, 7) is 1.69. The first kappa shape index (κ1) is 18.5. The number of hydrogen-bond donors (Lipinski definition) is 1. The molecule has 1 aliphatic heterocycles. The van der Waals surface area contributed by atoms with Crippen LogP contribution in [-0.2, 0) is 0 Å². The van der Waals surface area contributed by atoms with E-state index in [0.717, 1.165) is 0 Å². The maximum atomic E-state index is 13.4. The largest absolute Gasteiger partial charge is 0.497 e. The Bertz CT molecular complexity index is 1100. The summed E-state index contributed by atoms with van der Waals surface area (Å²) in [4.78, 5) is 26.0. The minimum Gasteiger partial charge on any atom is -0.497 e. The van der Waals surface area contributed by atoms with Crippen LogP contribution in [0.4, 0.5) is 17.1 Å². The Balaban J connectivity index is 1.86. The Morgan fingerprint density at radius 3 is 2.48 bits per heavy atom. The first-order valence-electron chi connectivity index (χ1n) is 9.07. The van der Waals surface area contributed by atoms with Gasteiger partial charge < -0.3 is 10.1 Å². The highest BCUT2D eigenvalue weighted by atomic mass is 16.6. The van der Waals surface area contributed by atoms with E-state index in [-0.39, 0.29) is 11.6 Å². The normalized spacial score (nSPS) is 15.4. The van der Waals surface area contributed by atoms with Gasteiger partial charge in [-0.05, 0) is 43.3 Å². The molecule has 4 rings (SSSR count). The summed E-state index contributed by atoms with van der Waals surface area (Å²) in [5.74, 6) is 0.492. The number of methoxy groups -OCH3 is 1. The van der Waals surface area contributed by atoms with Crippen LogP contribution in [0.5, 0.6) is 5.75 Å². The fourth-order valence-corrected chi connectivity index (χ4v) is 3.49. The van der Waals surface area contributed by atoms with Crippen molar-refractivity contribution in [3.63, 3.8) is 0 Å². The molecule has 7 nitrogen and oxygen atoms in total. The average molecular weight is 389 g/mol. The number of benzene rings is 3. The third kappa shape index (κ3) is 3.27. The Morgan fingerprint density at radius 2 is 1.79 bits per heavy atom. The predicted octanol–water partition coefficient (Wildman–Crippen LogP) is 4.68. The van der Waals surface area contributed by atoms with E-state index in [1.807, 2.05) is 18.2 Å². The van der Waals surface area contributed by atoms with Crippen LogP contribution in [0.1, 0.15) is 27.7 Å². The van der Waals surface area contributed by atoms with Crippen molar-refractivity contribution in [2.45, 2.75) is 13.1 Å². The molecule has 1 amide bonds. The van der Waals surface area contributed by atoms with Crippen LogP contribution in [0.15, 0.2) is 66.7 Å². The summed E-state index contributed by atoms with van der Waals surface area (Å²) in [7, 11) is 1.58. The number of carbonyl (C=O) groups is 1. The Morgan fingerprint density at radius 1 is 1.07 bits per heavy atom. The average Bonchev–Trinajstić information content (AvgIpc) is 2.74. The van der Waals surface area contributed by atoms with Gasteiger partial charge in [0.2, 0.25) is 0 Å². The molecule has 146 valence electrons. The van der Waals surface area contributed by atoms with Gasteiger partial charge in [0, 0.05) is 28.6 Å². The summed E-state index contributed by atoms with van der Waals surface area (Å²) in [6.07, 6.45) is -0.593. The second kappa shape index (κ2) is 7.27. The van der Waals surface area contributed by atoms with Crippen LogP contribution in [-0.4, -0.2) is 17.9 Å². The Labute approximate surface area is 167 Å². The molecule has 0 saturated heterocycles. The number of rotatable bonds is 4. The van der Waals surface area contributed by atoms with Crippen molar-refractivity contribution in [2.75, 3.05) is 17.3 Å². The molecule has 0 aliphatic carbocycles. The summed E-state index contributed by atoms with van der Waals surface area (Å²) < 4.78 is 5.21. The molecule has 0 aromatic heterocycles. The molecule has 0 radical (unpaired) electrons. The number of hydrogen-bond acceptors (Lipinski definition) is 5. The highest BCUT2D eigenvalue weighted by Crippen LogP contribution is 2.38.